The molecular weight excluding hydrogens is 242 g/mol. The summed E-state index contributed by atoms with van der Waals surface area (Å²) in [6, 6.07) is -1.92. The standard InChI is InChI=1S/C8H15N3O4.C2H6O/c1-4(9)7(13)11-5(8(14)15)2-3-6(10)12;1-2-3/h4-5H,2-3,9H2,1H3,(H2,10,12)(H,11,13)(H,14,15);3H,2H2,1H3. The third kappa shape index (κ3) is 10.8. The SMILES string of the molecule is CC(N)C(=O)NC(CCC(N)=O)C(=O)O.CCO. The number of primary amides is 1. The van der Waals surface area contributed by atoms with Gasteiger partial charge in [-0.1, -0.05) is 0 Å². The Balaban J connectivity index is 0. The summed E-state index contributed by atoms with van der Waals surface area (Å²) in [6.45, 7) is 3.36. The van der Waals surface area contributed by atoms with Crippen LogP contribution < -0.4 is 16.8 Å². The quantitative estimate of drug-likeness (QED) is 0.379. The van der Waals surface area contributed by atoms with Crippen molar-refractivity contribution in [3.05, 3.63) is 0 Å². The molecule has 0 spiro atoms. The van der Waals surface area contributed by atoms with E-state index in [-0.39, 0.29) is 19.4 Å². The van der Waals surface area contributed by atoms with Gasteiger partial charge in [-0.15, -0.1) is 0 Å². The van der Waals surface area contributed by atoms with Gasteiger partial charge in [0.15, 0.2) is 0 Å². The maximum absolute atomic E-state index is 11.1. The van der Waals surface area contributed by atoms with Crippen molar-refractivity contribution in [3.63, 3.8) is 0 Å². The van der Waals surface area contributed by atoms with Crippen LogP contribution in [0.5, 0.6) is 0 Å². The summed E-state index contributed by atoms with van der Waals surface area (Å²) >= 11 is 0. The predicted molar refractivity (Wildman–Crippen MR) is 64.4 cm³/mol. The van der Waals surface area contributed by atoms with Gasteiger partial charge in [0.2, 0.25) is 11.8 Å². The third-order valence-electron chi connectivity index (χ3n) is 1.71. The molecule has 8 nitrogen and oxygen atoms in total. The van der Waals surface area contributed by atoms with Crippen LogP contribution in [0.15, 0.2) is 0 Å². The largest absolute Gasteiger partial charge is 0.480 e. The van der Waals surface area contributed by atoms with E-state index < -0.39 is 29.9 Å². The molecule has 0 saturated heterocycles. The zero-order valence-corrected chi connectivity index (χ0v) is 10.5. The maximum atomic E-state index is 11.1. The summed E-state index contributed by atoms with van der Waals surface area (Å²) in [7, 11) is 0. The van der Waals surface area contributed by atoms with E-state index >= 15 is 0 Å². The Kier molecular flexibility index (Phi) is 10.9. The van der Waals surface area contributed by atoms with Crippen LogP contribution in [0.4, 0.5) is 0 Å². The van der Waals surface area contributed by atoms with Gasteiger partial charge < -0.3 is 27.0 Å². The van der Waals surface area contributed by atoms with E-state index in [0.717, 1.165) is 0 Å². The lowest BCUT2D eigenvalue weighted by molar-refractivity contribution is -0.142. The summed E-state index contributed by atoms with van der Waals surface area (Å²) in [6.07, 6.45) is -0.140. The van der Waals surface area contributed by atoms with Crippen molar-refractivity contribution >= 4 is 17.8 Å². The lowest BCUT2D eigenvalue weighted by Gasteiger charge is -2.14. The highest BCUT2D eigenvalue weighted by Crippen LogP contribution is 1.97. The van der Waals surface area contributed by atoms with E-state index in [4.69, 9.17) is 21.7 Å². The molecule has 0 fully saturated rings. The minimum Gasteiger partial charge on any atom is -0.480 e. The first-order valence-corrected chi connectivity index (χ1v) is 5.44. The Morgan fingerprint density at radius 3 is 2.06 bits per heavy atom. The third-order valence-corrected chi connectivity index (χ3v) is 1.71. The van der Waals surface area contributed by atoms with Crippen molar-refractivity contribution < 1.29 is 24.6 Å². The molecule has 106 valence electrons. The van der Waals surface area contributed by atoms with Gasteiger partial charge in [0.1, 0.15) is 6.04 Å². The molecule has 0 aromatic heterocycles. The number of nitrogens with one attached hydrogen (secondary N) is 1. The minimum absolute atomic E-state index is 0.0386. The van der Waals surface area contributed by atoms with Crippen LogP contribution >= 0.6 is 0 Å². The predicted octanol–water partition coefficient (Wildman–Crippen LogP) is -1.83. The number of aliphatic hydroxyl groups is 1. The monoisotopic (exact) mass is 263 g/mol. The number of nitrogens with two attached hydrogens (primary N) is 2. The van der Waals surface area contributed by atoms with Crippen LogP contribution in [0.3, 0.4) is 0 Å². The van der Waals surface area contributed by atoms with Gasteiger partial charge in [-0.2, -0.15) is 0 Å². The number of carboxylic acids is 1. The molecule has 0 aromatic rings. The van der Waals surface area contributed by atoms with Crippen molar-refractivity contribution in [1.29, 1.82) is 0 Å². The number of carboxylic acid groups (broad SMARTS) is 1. The van der Waals surface area contributed by atoms with Gasteiger partial charge >= 0.3 is 5.97 Å². The molecule has 0 bridgehead atoms. The van der Waals surface area contributed by atoms with Gasteiger partial charge in [-0.3, -0.25) is 9.59 Å². The number of hydrogen-bond donors (Lipinski definition) is 5. The number of amides is 2. The second-order valence-corrected chi connectivity index (χ2v) is 3.51. The zero-order chi connectivity index (χ0) is 14.7. The summed E-state index contributed by atoms with van der Waals surface area (Å²) < 4.78 is 0. The molecule has 0 aliphatic heterocycles. The molecule has 7 N–H and O–H groups in total. The van der Waals surface area contributed by atoms with Crippen molar-refractivity contribution in [2.45, 2.75) is 38.8 Å². The Hall–Kier alpha value is -1.67. The summed E-state index contributed by atoms with van der Waals surface area (Å²) in [5.41, 5.74) is 10.1. The first kappa shape index (κ1) is 18.7. The van der Waals surface area contributed by atoms with E-state index in [9.17, 15) is 14.4 Å². The number of aliphatic carboxylic acids is 1. The van der Waals surface area contributed by atoms with Gasteiger partial charge in [0.25, 0.3) is 0 Å². The fourth-order valence-corrected chi connectivity index (χ4v) is 0.847. The zero-order valence-electron chi connectivity index (χ0n) is 10.5. The summed E-state index contributed by atoms with van der Waals surface area (Å²) in [5.74, 6) is -2.41. The van der Waals surface area contributed by atoms with Crippen LogP contribution in [0.2, 0.25) is 0 Å². The van der Waals surface area contributed by atoms with Gasteiger partial charge in [0.05, 0.1) is 6.04 Å². The first-order valence-electron chi connectivity index (χ1n) is 5.44. The van der Waals surface area contributed by atoms with E-state index in [1.165, 1.54) is 6.92 Å². The van der Waals surface area contributed by atoms with Crippen molar-refractivity contribution in [2.75, 3.05) is 6.61 Å². The Labute approximate surface area is 105 Å². The van der Waals surface area contributed by atoms with Crippen molar-refractivity contribution in [3.8, 4) is 0 Å². The Bertz CT molecular complexity index is 281. The normalized spacial score (nSPS) is 12.7. The maximum Gasteiger partial charge on any atom is 0.326 e. The molecule has 0 aliphatic carbocycles. The van der Waals surface area contributed by atoms with Crippen LogP contribution in [-0.2, 0) is 14.4 Å². The van der Waals surface area contributed by atoms with Crippen LogP contribution in [0.25, 0.3) is 0 Å². The lowest BCUT2D eigenvalue weighted by Crippen LogP contribution is -2.47. The molecule has 0 aliphatic rings. The highest BCUT2D eigenvalue weighted by Gasteiger charge is 2.21. The topological polar surface area (TPSA) is 156 Å². The number of rotatable bonds is 6. The average molecular weight is 263 g/mol. The lowest BCUT2D eigenvalue weighted by atomic mass is 10.1. The van der Waals surface area contributed by atoms with Gasteiger partial charge in [0, 0.05) is 13.0 Å². The number of carbonyl (C=O) groups excluding carboxylic acids is 2. The molecule has 0 saturated carbocycles. The van der Waals surface area contributed by atoms with Crippen molar-refractivity contribution in [1.82, 2.24) is 5.32 Å². The van der Waals surface area contributed by atoms with Crippen molar-refractivity contribution in [2.24, 2.45) is 11.5 Å². The Morgan fingerprint density at radius 1 is 1.33 bits per heavy atom. The number of carbonyl (C=O) groups is 3. The van der Waals surface area contributed by atoms with Crippen LogP contribution in [0, 0.1) is 0 Å². The Morgan fingerprint density at radius 2 is 1.78 bits per heavy atom. The smallest absolute Gasteiger partial charge is 0.326 e. The first-order chi connectivity index (χ1) is 8.26. The van der Waals surface area contributed by atoms with E-state index in [1.807, 2.05) is 0 Å². The molecule has 18 heavy (non-hydrogen) atoms. The average Bonchev–Trinajstić information content (AvgIpc) is 2.23. The molecule has 8 heteroatoms. The highest BCUT2D eigenvalue weighted by molar-refractivity contribution is 5.86. The molecule has 0 heterocycles. The van der Waals surface area contributed by atoms with Crippen LogP contribution in [-0.4, -0.2) is 46.7 Å². The summed E-state index contributed by atoms with van der Waals surface area (Å²) in [4.78, 5) is 32.2. The molecule has 2 unspecified atom stereocenters. The summed E-state index contributed by atoms with van der Waals surface area (Å²) in [5, 5.41) is 18.5. The van der Waals surface area contributed by atoms with E-state index in [0.29, 0.717) is 0 Å². The van der Waals surface area contributed by atoms with E-state index in [2.05, 4.69) is 5.32 Å². The second kappa shape index (κ2) is 10.5. The molecule has 2 amide bonds. The minimum atomic E-state index is -1.22. The van der Waals surface area contributed by atoms with Gasteiger partial charge in [-0.25, -0.2) is 4.79 Å². The van der Waals surface area contributed by atoms with Crippen LogP contribution in [0.1, 0.15) is 26.7 Å². The molecule has 0 rings (SSSR count). The number of hydrogen-bond acceptors (Lipinski definition) is 5. The fraction of sp³-hybridized carbons (Fsp3) is 0.700. The molecule has 0 radical (unpaired) electrons. The van der Waals surface area contributed by atoms with Gasteiger partial charge in [-0.05, 0) is 20.3 Å². The number of aliphatic hydroxyl groups excluding tert-OH is 1. The molecular formula is C10H21N3O5. The molecule has 2 atom stereocenters. The molecule has 0 aromatic carbocycles. The van der Waals surface area contributed by atoms with E-state index in [1.54, 1.807) is 6.92 Å². The highest BCUT2D eigenvalue weighted by atomic mass is 16.4. The fourth-order valence-electron chi connectivity index (χ4n) is 0.847. The second-order valence-electron chi connectivity index (χ2n) is 3.51.